The van der Waals surface area contributed by atoms with Gasteiger partial charge in [-0.25, -0.2) is 0 Å². The molecule has 3 nitrogen and oxygen atoms in total. The van der Waals surface area contributed by atoms with Gasteiger partial charge < -0.3 is 10.1 Å². The molecule has 1 aliphatic rings. The molecule has 0 radical (unpaired) electrons. The van der Waals surface area contributed by atoms with E-state index >= 15 is 0 Å². The van der Waals surface area contributed by atoms with E-state index in [1.807, 2.05) is 0 Å². The summed E-state index contributed by atoms with van der Waals surface area (Å²) >= 11 is 0. The van der Waals surface area contributed by atoms with Gasteiger partial charge >= 0.3 is 0 Å². The molecule has 0 aliphatic carbocycles. The normalized spacial score (nSPS) is 16.7. The SMILES string of the molecule is CCCCCCCCC(=O)CCOC1CCNCC1. The summed E-state index contributed by atoms with van der Waals surface area (Å²) in [7, 11) is 0. The number of ketones is 1. The molecule has 1 rings (SSSR count). The molecule has 0 aromatic heterocycles. The van der Waals surface area contributed by atoms with Crippen LogP contribution in [0.3, 0.4) is 0 Å². The average Bonchev–Trinajstić information content (AvgIpc) is 2.44. The summed E-state index contributed by atoms with van der Waals surface area (Å²) in [6.45, 7) is 4.96. The van der Waals surface area contributed by atoms with Crippen LogP contribution in [0.1, 0.15) is 71.1 Å². The molecule has 1 aliphatic heterocycles. The number of rotatable bonds is 11. The largest absolute Gasteiger partial charge is 0.378 e. The van der Waals surface area contributed by atoms with E-state index in [-0.39, 0.29) is 0 Å². The first-order valence-corrected chi connectivity index (χ1v) is 8.17. The van der Waals surface area contributed by atoms with Gasteiger partial charge in [-0.1, -0.05) is 39.0 Å². The number of unbranched alkanes of at least 4 members (excludes halogenated alkanes) is 5. The third kappa shape index (κ3) is 9.17. The van der Waals surface area contributed by atoms with E-state index in [0.29, 0.717) is 24.9 Å². The van der Waals surface area contributed by atoms with Gasteiger partial charge in [0.1, 0.15) is 5.78 Å². The second-order valence-electron chi connectivity index (χ2n) is 5.63. The van der Waals surface area contributed by atoms with E-state index in [4.69, 9.17) is 4.74 Å². The number of piperidine rings is 1. The number of hydrogen-bond donors (Lipinski definition) is 1. The van der Waals surface area contributed by atoms with Gasteiger partial charge in [-0.05, 0) is 32.4 Å². The Balaban J connectivity index is 1.87. The number of Topliss-reactive ketones (excluding diaryl/α,β-unsaturated/α-hetero) is 1. The van der Waals surface area contributed by atoms with Crippen LogP contribution in [0, 0.1) is 0 Å². The number of nitrogens with one attached hydrogen (secondary N) is 1. The fourth-order valence-electron chi connectivity index (χ4n) is 2.53. The molecule has 0 spiro atoms. The molecular weight excluding hydrogens is 238 g/mol. The van der Waals surface area contributed by atoms with Crippen molar-refractivity contribution in [2.24, 2.45) is 0 Å². The molecular formula is C16H31NO2. The highest BCUT2D eigenvalue weighted by Gasteiger charge is 2.13. The molecule has 0 aromatic carbocycles. The lowest BCUT2D eigenvalue weighted by atomic mass is 10.1. The lowest BCUT2D eigenvalue weighted by molar-refractivity contribution is -0.120. The van der Waals surface area contributed by atoms with Crippen LogP contribution in [-0.2, 0) is 9.53 Å². The molecule has 0 amide bonds. The summed E-state index contributed by atoms with van der Waals surface area (Å²) in [5.74, 6) is 0.379. The van der Waals surface area contributed by atoms with Crippen LogP contribution >= 0.6 is 0 Å². The van der Waals surface area contributed by atoms with Crippen LogP contribution in [0.25, 0.3) is 0 Å². The smallest absolute Gasteiger partial charge is 0.135 e. The highest BCUT2D eigenvalue weighted by atomic mass is 16.5. The first kappa shape index (κ1) is 16.6. The summed E-state index contributed by atoms with van der Waals surface area (Å²) in [5.41, 5.74) is 0. The molecule has 0 saturated carbocycles. The van der Waals surface area contributed by atoms with Crippen LogP contribution < -0.4 is 5.32 Å². The minimum atomic E-state index is 0.378. The Labute approximate surface area is 118 Å². The van der Waals surface area contributed by atoms with E-state index in [9.17, 15) is 4.79 Å². The van der Waals surface area contributed by atoms with Crippen LogP contribution in [0.15, 0.2) is 0 Å². The van der Waals surface area contributed by atoms with Crippen LogP contribution in [0.4, 0.5) is 0 Å². The number of carbonyl (C=O) groups is 1. The Hall–Kier alpha value is -0.410. The topological polar surface area (TPSA) is 38.3 Å². The second-order valence-corrected chi connectivity index (χ2v) is 5.63. The Morgan fingerprint density at radius 2 is 1.74 bits per heavy atom. The van der Waals surface area contributed by atoms with Crippen molar-refractivity contribution >= 4 is 5.78 Å². The first-order chi connectivity index (χ1) is 9.33. The fourth-order valence-corrected chi connectivity index (χ4v) is 2.53. The summed E-state index contributed by atoms with van der Waals surface area (Å²) in [6.07, 6.45) is 11.4. The maximum absolute atomic E-state index is 11.7. The molecule has 0 bridgehead atoms. The average molecular weight is 269 g/mol. The molecule has 1 N–H and O–H groups in total. The van der Waals surface area contributed by atoms with Gasteiger partial charge in [0, 0.05) is 12.8 Å². The first-order valence-electron chi connectivity index (χ1n) is 8.17. The van der Waals surface area contributed by atoms with Crippen LogP contribution in [0.2, 0.25) is 0 Å². The molecule has 0 atom stereocenters. The molecule has 0 unspecified atom stereocenters. The molecule has 1 heterocycles. The number of ether oxygens (including phenoxy) is 1. The minimum Gasteiger partial charge on any atom is -0.378 e. The number of carbonyl (C=O) groups excluding carboxylic acids is 1. The monoisotopic (exact) mass is 269 g/mol. The van der Waals surface area contributed by atoms with Gasteiger partial charge in [0.25, 0.3) is 0 Å². The highest BCUT2D eigenvalue weighted by Crippen LogP contribution is 2.10. The van der Waals surface area contributed by atoms with Gasteiger partial charge in [-0.3, -0.25) is 4.79 Å². The summed E-state index contributed by atoms with van der Waals surface area (Å²) < 4.78 is 5.75. The minimum absolute atomic E-state index is 0.378. The Morgan fingerprint density at radius 1 is 1.05 bits per heavy atom. The molecule has 1 saturated heterocycles. The molecule has 1 fully saturated rings. The Kier molecular flexibility index (Phi) is 10.0. The second kappa shape index (κ2) is 11.4. The van der Waals surface area contributed by atoms with E-state index < -0.39 is 0 Å². The van der Waals surface area contributed by atoms with E-state index in [1.165, 1.54) is 32.1 Å². The van der Waals surface area contributed by atoms with E-state index in [1.54, 1.807) is 0 Å². The summed E-state index contributed by atoms with van der Waals surface area (Å²) in [4.78, 5) is 11.7. The van der Waals surface area contributed by atoms with Gasteiger partial charge in [-0.15, -0.1) is 0 Å². The third-order valence-corrected chi connectivity index (χ3v) is 3.83. The van der Waals surface area contributed by atoms with E-state index in [2.05, 4.69) is 12.2 Å². The van der Waals surface area contributed by atoms with Crippen molar-refractivity contribution in [1.29, 1.82) is 0 Å². The van der Waals surface area contributed by atoms with Crippen LogP contribution in [-0.4, -0.2) is 31.6 Å². The third-order valence-electron chi connectivity index (χ3n) is 3.83. The predicted molar refractivity (Wildman–Crippen MR) is 79.5 cm³/mol. The van der Waals surface area contributed by atoms with Crippen molar-refractivity contribution in [2.75, 3.05) is 19.7 Å². The lowest BCUT2D eigenvalue weighted by Gasteiger charge is -2.22. The van der Waals surface area contributed by atoms with Crippen LogP contribution in [0.5, 0.6) is 0 Å². The summed E-state index contributed by atoms with van der Waals surface area (Å²) in [5, 5.41) is 3.32. The van der Waals surface area contributed by atoms with Gasteiger partial charge in [0.15, 0.2) is 0 Å². The van der Waals surface area contributed by atoms with Crippen molar-refractivity contribution in [3.05, 3.63) is 0 Å². The van der Waals surface area contributed by atoms with Gasteiger partial charge in [0.2, 0.25) is 0 Å². The predicted octanol–water partition coefficient (Wildman–Crippen LogP) is 3.46. The number of hydrogen-bond acceptors (Lipinski definition) is 3. The van der Waals surface area contributed by atoms with Crippen molar-refractivity contribution in [2.45, 2.75) is 77.2 Å². The zero-order valence-electron chi connectivity index (χ0n) is 12.6. The quantitative estimate of drug-likeness (QED) is 0.584. The molecule has 0 aromatic rings. The highest BCUT2D eigenvalue weighted by molar-refractivity contribution is 5.78. The van der Waals surface area contributed by atoms with E-state index in [0.717, 1.165) is 38.8 Å². The van der Waals surface area contributed by atoms with Crippen molar-refractivity contribution in [1.82, 2.24) is 5.32 Å². The van der Waals surface area contributed by atoms with Crippen molar-refractivity contribution in [3.63, 3.8) is 0 Å². The maximum atomic E-state index is 11.7. The zero-order valence-corrected chi connectivity index (χ0v) is 12.6. The van der Waals surface area contributed by atoms with Gasteiger partial charge in [-0.2, -0.15) is 0 Å². The Bertz CT molecular complexity index is 225. The van der Waals surface area contributed by atoms with Crippen molar-refractivity contribution in [3.8, 4) is 0 Å². The zero-order chi connectivity index (χ0) is 13.8. The standard InChI is InChI=1S/C16H31NO2/c1-2-3-4-5-6-7-8-15(18)11-14-19-16-9-12-17-13-10-16/h16-17H,2-14H2,1H3. The van der Waals surface area contributed by atoms with Gasteiger partial charge in [0.05, 0.1) is 12.7 Å². The maximum Gasteiger partial charge on any atom is 0.135 e. The lowest BCUT2D eigenvalue weighted by Crippen LogP contribution is -2.32. The molecule has 19 heavy (non-hydrogen) atoms. The van der Waals surface area contributed by atoms with Crippen molar-refractivity contribution < 1.29 is 9.53 Å². The summed E-state index contributed by atoms with van der Waals surface area (Å²) in [6, 6.07) is 0. The molecule has 112 valence electrons. The Morgan fingerprint density at radius 3 is 2.47 bits per heavy atom. The fraction of sp³-hybridized carbons (Fsp3) is 0.938. The molecule has 3 heteroatoms.